The van der Waals surface area contributed by atoms with Gasteiger partial charge in [0, 0.05) is 6.04 Å². The van der Waals surface area contributed by atoms with E-state index in [1.165, 1.54) is 5.56 Å². The van der Waals surface area contributed by atoms with E-state index in [0.717, 1.165) is 25.0 Å². The predicted octanol–water partition coefficient (Wildman–Crippen LogP) is 2.24. The monoisotopic (exact) mass is 293 g/mol. The van der Waals surface area contributed by atoms with Crippen LogP contribution >= 0.6 is 11.8 Å². The number of amides is 1. The molecular weight excluding hydrogens is 270 g/mol. The molecule has 1 aromatic rings. The average Bonchev–Trinajstić information content (AvgIpc) is 2.42. The molecule has 1 aliphatic carbocycles. The van der Waals surface area contributed by atoms with Gasteiger partial charge in [0.05, 0.1) is 11.9 Å². The van der Waals surface area contributed by atoms with Crippen molar-refractivity contribution in [3.63, 3.8) is 0 Å². The zero-order chi connectivity index (χ0) is 14.4. The Hall–Kier alpha value is -1.00. The van der Waals surface area contributed by atoms with E-state index in [1.54, 1.807) is 11.8 Å². The van der Waals surface area contributed by atoms with Gasteiger partial charge in [-0.05, 0) is 36.5 Å². The van der Waals surface area contributed by atoms with Gasteiger partial charge < -0.3 is 10.4 Å². The van der Waals surface area contributed by atoms with E-state index in [1.807, 2.05) is 18.2 Å². The molecule has 0 saturated heterocycles. The van der Waals surface area contributed by atoms with E-state index in [9.17, 15) is 9.90 Å². The van der Waals surface area contributed by atoms with Crippen LogP contribution in [0, 0.1) is 5.92 Å². The second-order valence-electron chi connectivity index (χ2n) is 5.39. The fourth-order valence-corrected chi connectivity index (χ4v) is 3.08. The zero-order valence-corrected chi connectivity index (χ0v) is 12.7. The maximum absolute atomic E-state index is 11.9. The van der Waals surface area contributed by atoms with E-state index in [2.05, 4.69) is 24.4 Å². The SMILES string of the molecule is CCSCC(=O)NC(Cc1ccccc1)C1CC(O)C1. The Bertz CT molecular complexity index is 418. The molecule has 0 spiro atoms. The lowest BCUT2D eigenvalue weighted by Gasteiger charge is -2.38. The molecule has 0 heterocycles. The van der Waals surface area contributed by atoms with Crippen LogP contribution < -0.4 is 5.32 Å². The smallest absolute Gasteiger partial charge is 0.230 e. The van der Waals surface area contributed by atoms with Crippen molar-refractivity contribution < 1.29 is 9.90 Å². The van der Waals surface area contributed by atoms with Crippen LogP contribution in [0.4, 0.5) is 0 Å². The molecule has 1 aliphatic rings. The first kappa shape index (κ1) is 15.4. The lowest BCUT2D eigenvalue weighted by molar-refractivity contribution is -0.120. The van der Waals surface area contributed by atoms with Gasteiger partial charge in [0.1, 0.15) is 0 Å². The van der Waals surface area contributed by atoms with Gasteiger partial charge in [-0.1, -0.05) is 37.3 Å². The van der Waals surface area contributed by atoms with Crippen molar-refractivity contribution >= 4 is 17.7 Å². The van der Waals surface area contributed by atoms with E-state index >= 15 is 0 Å². The Morgan fingerprint density at radius 2 is 2.10 bits per heavy atom. The van der Waals surface area contributed by atoms with Crippen molar-refractivity contribution in [2.45, 2.75) is 38.3 Å². The average molecular weight is 293 g/mol. The number of thioether (sulfide) groups is 1. The van der Waals surface area contributed by atoms with Gasteiger partial charge in [0.2, 0.25) is 5.91 Å². The first-order valence-corrected chi connectivity index (χ1v) is 8.43. The van der Waals surface area contributed by atoms with Crippen LogP contribution in [0.1, 0.15) is 25.3 Å². The Morgan fingerprint density at radius 3 is 2.70 bits per heavy atom. The molecule has 0 radical (unpaired) electrons. The molecule has 1 aromatic carbocycles. The molecule has 1 fully saturated rings. The minimum Gasteiger partial charge on any atom is -0.393 e. The lowest BCUT2D eigenvalue weighted by Crippen LogP contribution is -2.48. The van der Waals surface area contributed by atoms with Crippen LogP contribution in [0.2, 0.25) is 0 Å². The van der Waals surface area contributed by atoms with Crippen LogP contribution in [-0.4, -0.2) is 34.7 Å². The van der Waals surface area contributed by atoms with Crippen LogP contribution in [0.15, 0.2) is 30.3 Å². The molecule has 0 bridgehead atoms. The summed E-state index contributed by atoms with van der Waals surface area (Å²) in [5.41, 5.74) is 1.24. The first-order valence-electron chi connectivity index (χ1n) is 7.28. The standard InChI is InChI=1S/C16H23NO2S/c1-2-20-11-16(19)17-15(13-9-14(18)10-13)8-12-6-4-3-5-7-12/h3-7,13-15,18H,2,8-11H2,1H3,(H,17,19). The molecule has 0 aliphatic heterocycles. The number of benzene rings is 1. The van der Waals surface area contributed by atoms with E-state index in [4.69, 9.17) is 0 Å². The Morgan fingerprint density at radius 1 is 1.40 bits per heavy atom. The minimum absolute atomic E-state index is 0.110. The fraction of sp³-hybridized carbons (Fsp3) is 0.562. The topological polar surface area (TPSA) is 49.3 Å². The van der Waals surface area contributed by atoms with Crippen molar-refractivity contribution in [2.24, 2.45) is 5.92 Å². The summed E-state index contributed by atoms with van der Waals surface area (Å²) in [5, 5.41) is 12.6. The highest BCUT2D eigenvalue weighted by Gasteiger charge is 2.34. The predicted molar refractivity (Wildman–Crippen MR) is 83.8 cm³/mol. The molecule has 0 aromatic heterocycles. The third kappa shape index (κ3) is 4.53. The second-order valence-corrected chi connectivity index (χ2v) is 6.66. The van der Waals surface area contributed by atoms with E-state index in [0.29, 0.717) is 11.7 Å². The summed E-state index contributed by atoms with van der Waals surface area (Å²) >= 11 is 1.64. The molecule has 3 nitrogen and oxygen atoms in total. The van der Waals surface area contributed by atoms with Gasteiger partial charge in [0.15, 0.2) is 0 Å². The van der Waals surface area contributed by atoms with Crippen molar-refractivity contribution in [3.05, 3.63) is 35.9 Å². The molecule has 110 valence electrons. The normalized spacial score (nSPS) is 22.9. The van der Waals surface area contributed by atoms with Crippen molar-refractivity contribution in [1.82, 2.24) is 5.32 Å². The number of aliphatic hydroxyl groups is 1. The molecular formula is C16H23NO2S. The highest BCUT2D eigenvalue weighted by molar-refractivity contribution is 7.99. The number of rotatable bonds is 7. The van der Waals surface area contributed by atoms with Gasteiger partial charge in [-0.2, -0.15) is 11.8 Å². The molecule has 1 amide bonds. The Balaban J connectivity index is 1.92. The number of hydrogen-bond acceptors (Lipinski definition) is 3. The second kappa shape index (κ2) is 7.70. The van der Waals surface area contributed by atoms with Gasteiger partial charge >= 0.3 is 0 Å². The van der Waals surface area contributed by atoms with Crippen LogP contribution in [0.5, 0.6) is 0 Å². The van der Waals surface area contributed by atoms with Crippen molar-refractivity contribution in [2.75, 3.05) is 11.5 Å². The number of aliphatic hydroxyl groups excluding tert-OH is 1. The molecule has 1 saturated carbocycles. The van der Waals surface area contributed by atoms with E-state index < -0.39 is 0 Å². The maximum atomic E-state index is 11.9. The molecule has 2 rings (SSSR count). The summed E-state index contributed by atoms with van der Waals surface area (Å²) in [4.78, 5) is 11.9. The molecule has 20 heavy (non-hydrogen) atoms. The molecule has 1 unspecified atom stereocenters. The minimum atomic E-state index is -0.180. The molecule has 1 atom stereocenters. The quantitative estimate of drug-likeness (QED) is 0.810. The van der Waals surface area contributed by atoms with E-state index in [-0.39, 0.29) is 18.1 Å². The van der Waals surface area contributed by atoms with Crippen molar-refractivity contribution in [1.29, 1.82) is 0 Å². The number of carbonyl (C=O) groups is 1. The third-order valence-electron chi connectivity index (χ3n) is 3.80. The van der Waals surface area contributed by atoms with Crippen molar-refractivity contribution in [3.8, 4) is 0 Å². The van der Waals surface area contributed by atoms with Crippen LogP contribution in [0.3, 0.4) is 0 Å². The van der Waals surface area contributed by atoms with Gasteiger partial charge in [-0.25, -0.2) is 0 Å². The summed E-state index contributed by atoms with van der Waals surface area (Å²) in [5.74, 6) is 2.00. The highest BCUT2D eigenvalue weighted by atomic mass is 32.2. The largest absolute Gasteiger partial charge is 0.393 e. The van der Waals surface area contributed by atoms with Gasteiger partial charge in [-0.3, -0.25) is 4.79 Å². The summed E-state index contributed by atoms with van der Waals surface area (Å²) in [6.07, 6.45) is 2.28. The Labute approximate surface area is 125 Å². The lowest BCUT2D eigenvalue weighted by atomic mass is 9.75. The van der Waals surface area contributed by atoms with Gasteiger partial charge in [-0.15, -0.1) is 0 Å². The first-order chi connectivity index (χ1) is 9.69. The number of hydrogen-bond donors (Lipinski definition) is 2. The molecule has 2 N–H and O–H groups in total. The number of carbonyl (C=O) groups excluding carboxylic acids is 1. The van der Waals surface area contributed by atoms with Crippen LogP contribution in [0.25, 0.3) is 0 Å². The highest BCUT2D eigenvalue weighted by Crippen LogP contribution is 2.31. The maximum Gasteiger partial charge on any atom is 0.230 e. The summed E-state index contributed by atoms with van der Waals surface area (Å²) < 4.78 is 0. The third-order valence-corrected chi connectivity index (χ3v) is 4.68. The fourth-order valence-electron chi connectivity index (χ4n) is 2.61. The van der Waals surface area contributed by atoms with Crippen LogP contribution in [-0.2, 0) is 11.2 Å². The summed E-state index contributed by atoms with van der Waals surface area (Å²) in [6.45, 7) is 2.06. The Kier molecular flexibility index (Phi) is 5.92. The summed E-state index contributed by atoms with van der Waals surface area (Å²) in [7, 11) is 0. The number of nitrogens with one attached hydrogen (secondary N) is 1. The summed E-state index contributed by atoms with van der Waals surface area (Å²) in [6, 6.07) is 10.4. The van der Waals surface area contributed by atoms with Gasteiger partial charge in [0.25, 0.3) is 0 Å². The molecule has 4 heteroatoms. The zero-order valence-electron chi connectivity index (χ0n) is 11.9.